The summed E-state index contributed by atoms with van der Waals surface area (Å²) in [6, 6.07) is 7.42. The maximum absolute atomic E-state index is 12.2. The number of nitrogens with zero attached hydrogens (tertiary/aromatic N) is 2. The fraction of sp³-hybridized carbons (Fsp3) is 0.278. The lowest BCUT2D eigenvalue weighted by Gasteiger charge is -2.25. The van der Waals surface area contributed by atoms with Crippen LogP contribution in [-0.4, -0.2) is 27.3 Å². The fourth-order valence-corrected chi connectivity index (χ4v) is 3.53. The van der Waals surface area contributed by atoms with Gasteiger partial charge in [-0.1, -0.05) is 29.8 Å². The van der Waals surface area contributed by atoms with Crippen molar-refractivity contribution in [1.29, 1.82) is 0 Å². The second kappa shape index (κ2) is 6.72. The van der Waals surface area contributed by atoms with Crippen LogP contribution in [0.3, 0.4) is 0 Å². The molecule has 0 radical (unpaired) electrons. The number of hydrogen-bond donors (Lipinski definition) is 3. The monoisotopic (exact) mass is 355 g/mol. The number of rotatable bonds is 3. The Kier molecular flexibility index (Phi) is 4.28. The largest absolute Gasteiger partial charge is 0.335 e. The molecule has 3 N–H and O–H groups in total. The molecule has 2 aromatic heterocycles. The van der Waals surface area contributed by atoms with E-state index >= 15 is 0 Å². The molecule has 1 atom stereocenters. The summed E-state index contributed by atoms with van der Waals surface area (Å²) in [4.78, 5) is 16.6. The van der Waals surface area contributed by atoms with E-state index in [9.17, 15) is 4.79 Å². The quantitative estimate of drug-likeness (QED) is 0.675. The lowest BCUT2D eigenvalue weighted by atomic mass is 9.88. The van der Waals surface area contributed by atoms with Crippen LogP contribution < -0.4 is 10.6 Å². The second-order valence-corrected chi connectivity index (χ2v) is 6.66. The number of carbonyl (C=O) groups is 1. The molecule has 2 heterocycles. The standard InChI is InChI=1S/C18H18ClN5O/c19-16-4-2-1-3-11(16)8-21-18(25)23-13-5-6-14-12(7-13)9-20-17-15(14)10-22-24-17/h1-4,9-10,13H,5-8H2,(H,20,22,24)(H2,21,23,25). The first-order chi connectivity index (χ1) is 12.2. The second-order valence-electron chi connectivity index (χ2n) is 6.25. The minimum atomic E-state index is -0.175. The van der Waals surface area contributed by atoms with Crippen molar-refractivity contribution in [1.82, 2.24) is 25.8 Å². The number of nitrogens with one attached hydrogen (secondary N) is 3. The molecule has 1 aliphatic rings. The van der Waals surface area contributed by atoms with Crippen molar-refractivity contribution in [2.45, 2.75) is 31.8 Å². The third kappa shape index (κ3) is 3.30. The van der Waals surface area contributed by atoms with Crippen molar-refractivity contribution in [3.05, 3.63) is 58.4 Å². The molecule has 1 unspecified atom stereocenters. The molecule has 25 heavy (non-hydrogen) atoms. The molecule has 1 aliphatic carbocycles. The number of carbonyl (C=O) groups excluding carboxylic acids is 1. The summed E-state index contributed by atoms with van der Waals surface area (Å²) in [6.45, 7) is 0.409. The zero-order valence-corrected chi connectivity index (χ0v) is 14.3. The van der Waals surface area contributed by atoms with Gasteiger partial charge in [-0.3, -0.25) is 5.10 Å². The van der Waals surface area contributed by atoms with E-state index in [1.165, 1.54) is 11.1 Å². The van der Waals surface area contributed by atoms with Crippen LogP contribution in [0.5, 0.6) is 0 Å². The molecule has 0 saturated heterocycles. The number of urea groups is 1. The maximum atomic E-state index is 12.2. The van der Waals surface area contributed by atoms with Crippen LogP contribution in [-0.2, 0) is 19.4 Å². The van der Waals surface area contributed by atoms with Crippen molar-refractivity contribution in [3.8, 4) is 0 Å². The predicted octanol–water partition coefficient (Wildman–Crippen LogP) is 2.97. The van der Waals surface area contributed by atoms with Gasteiger partial charge in [-0.2, -0.15) is 5.10 Å². The molecular weight excluding hydrogens is 338 g/mol. The molecule has 2 amide bonds. The number of halogens is 1. The van der Waals surface area contributed by atoms with E-state index in [-0.39, 0.29) is 12.1 Å². The van der Waals surface area contributed by atoms with Gasteiger partial charge in [-0.25, -0.2) is 9.78 Å². The summed E-state index contributed by atoms with van der Waals surface area (Å²) in [7, 11) is 0. The number of hydrogen-bond acceptors (Lipinski definition) is 3. The smallest absolute Gasteiger partial charge is 0.315 e. The molecule has 3 aromatic rings. The summed E-state index contributed by atoms with van der Waals surface area (Å²) < 4.78 is 0. The fourth-order valence-electron chi connectivity index (χ4n) is 3.33. The van der Waals surface area contributed by atoms with Gasteiger partial charge in [-0.05, 0) is 42.0 Å². The summed E-state index contributed by atoms with van der Waals surface area (Å²) in [5.41, 5.74) is 4.19. The first kappa shape index (κ1) is 15.9. The van der Waals surface area contributed by atoms with Gasteiger partial charge >= 0.3 is 6.03 Å². The minimum absolute atomic E-state index is 0.102. The van der Waals surface area contributed by atoms with Crippen LogP contribution >= 0.6 is 11.6 Å². The Morgan fingerprint density at radius 3 is 3.08 bits per heavy atom. The zero-order chi connectivity index (χ0) is 17.2. The average Bonchev–Trinajstić information content (AvgIpc) is 3.10. The van der Waals surface area contributed by atoms with Crippen LogP contribution in [0, 0.1) is 0 Å². The molecule has 1 aromatic carbocycles. The van der Waals surface area contributed by atoms with Crippen molar-refractivity contribution in [2.75, 3.05) is 0 Å². The number of aromatic amines is 1. The van der Waals surface area contributed by atoms with Gasteiger partial charge in [0.2, 0.25) is 0 Å². The number of aryl methyl sites for hydroxylation is 1. The number of pyridine rings is 1. The van der Waals surface area contributed by atoms with Crippen LogP contribution in [0.25, 0.3) is 11.0 Å². The lowest BCUT2D eigenvalue weighted by molar-refractivity contribution is 0.235. The minimum Gasteiger partial charge on any atom is -0.335 e. The number of benzene rings is 1. The predicted molar refractivity (Wildman–Crippen MR) is 96.5 cm³/mol. The topological polar surface area (TPSA) is 82.7 Å². The van der Waals surface area contributed by atoms with Crippen LogP contribution in [0.1, 0.15) is 23.1 Å². The Morgan fingerprint density at radius 2 is 2.20 bits per heavy atom. The molecule has 7 heteroatoms. The summed E-state index contributed by atoms with van der Waals surface area (Å²) in [5.74, 6) is 0. The van der Waals surface area contributed by atoms with E-state index in [1.807, 2.05) is 36.7 Å². The maximum Gasteiger partial charge on any atom is 0.315 e. The number of amides is 2. The van der Waals surface area contributed by atoms with Crippen molar-refractivity contribution in [2.24, 2.45) is 0 Å². The molecule has 6 nitrogen and oxygen atoms in total. The van der Waals surface area contributed by atoms with E-state index in [2.05, 4.69) is 25.8 Å². The molecular formula is C18H18ClN5O. The Hall–Kier alpha value is -2.60. The van der Waals surface area contributed by atoms with Gasteiger partial charge < -0.3 is 10.6 Å². The zero-order valence-electron chi connectivity index (χ0n) is 13.6. The highest BCUT2D eigenvalue weighted by Gasteiger charge is 2.22. The van der Waals surface area contributed by atoms with Gasteiger partial charge in [-0.15, -0.1) is 0 Å². The van der Waals surface area contributed by atoms with E-state index in [0.29, 0.717) is 11.6 Å². The SMILES string of the molecule is O=C(NCc1ccccc1Cl)NC1CCc2c(cnc3[nH]ncc23)C1. The Labute approximate surface area is 150 Å². The van der Waals surface area contributed by atoms with Gasteiger partial charge in [0.05, 0.1) is 6.20 Å². The average molecular weight is 356 g/mol. The third-order valence-corrected chi connectivity index (χ3v) is 4.99. The van der Waals surface area contributed by atoms with Crippen LogP contribution in [0.4, 0.5) is 4.79 Å². The highest BCUT2D eigenvalue weighted by molar-refractivity contribution is 6.31. The molecule has 0 bridgehead atoms. The normalized spacial score (nSPS) is 16.4. The van der Waals surface area contributed by atoms with E-state index in [4.69, 9.17) is 11.6 Å². The number of aromatic nitrogens is 3. The summed E-state index contributed by atoms with van der Waals surface area (Å²) >= 11 is 6.11. The Morgan fingerprint density at radius 1 is 1.32 bits per heavy atom. The molecule has 0 aliphatic heterocycles. The molecule has 4 rings (SSSR count). The highest BCUT2D eigenvalue weighted by atomic mass is 35.5. The van der Waals surface area contributed by atoms with Gasteiger partial charge in [0.15, 0.2) is 5.65 Å². The van der Waals surface area contributed by atoms with E-state index in [1.54, 1.807) is 0 Å². The third-order valence-electron chi connectivity index (χ3n) is 4.62. The van der Waals surface area contributed by atoms with Crippen LogP contribution in [0.15, 0.2) is 36.7 Å². The van der Waals surface area contributed by atoms with Gasteiger partial charge in [0, 0.05) is 29.2 Å². The van der Waals surface area contributed by atoms with Gasteiger partial charge in [0.25, 0.3) is 0 Å². The first-order valence-electron chi connectivity index (χ1n) is 8.28. The molecule has 128 valence electrons. The van der Waals surface area contributed by atoms with Crippen LogP contribution in [0.2, 0.25) is 5.02 Å². The summed E-state index contributed by atoms with van der Waals surface area (Å²) in [5, 5.41) is 14.6. The molecule has 0 spiro atoms. The van der Waals surface area contributed by atoms with Crippen molar-refractivity contribution < 1.29 is 4.79 Å². The summed E-state index contributed by atoms with van der Waals surface area (Å²) in [6.07, 6.45) is 6.29. The van der Waals surface area contributed by atoms with E-state index in [0.717, 1.165) is 35.9 Å². The lowest BCUT2D eigenvalue weighted by Crippen LogP contribution is -2.44. The van der Waals surface area contributed by atoms with E-state index < -0.39 is 0 Å². The Balaban J connectivity index is 1.37. The molecule has 0 saturated carbocycles. The van der Waals surface area contributed by atoms with Crippen molar-refractivity contribution >= 4 is 28.7 Å². The number of fused-ring (bicyclic) bond motifs is 3. The first-order valence-corrected chi connectivity index (χ1v) is 8.66. The van der Waals surface area contributed by atoms with Crippen molar-refractivity contribution in [3.63, 3.8) is 0 Å². The Bertz CT molecular complexity index is 923. The van der Waals surface area contributed by atoms with Gasteiger partial charge in [0.1, 0.15) is 0 Å². The molecule has 0 fully saturated rings. The highest BCUT2D eigenvalue weighted by Crippen LogP contribution is 2.26. The number of H-pyrrole nitrogens is 1.